The van der Waals surface area contributed by atoms with Crippen LogP contribution in [0, 0.1) is 22.7 Å². The maximum atomic E-state index is 12.5. The van der Waals surface area contributed by atoms with Gasteiger partial charge in [-0.25, -0.2) is 0 Å². The third-order valence-electron chi connectivity index (χ3n) is 7.00. The molecule has 198 valence electrons. The lowest BCUT2D eigenvalue weighted by molar-refractivity contribution is -0.136. The minimum absolute atomic E-state index is 0.193. The van der Waals surface area contributed by atoms with Gasteiger partial charge < -0.3 is 10.2 Å². The number of carbonyl (C=O) groups is 2. The maximum absolute atomic E-state index is 12.5. The summed E-state index contributed by atoms with van der Waals surface area (Å²) >= 11 is 0. The molecule has 1 aliphatic carbocycles. The summed E-state index contributed by atoms with van der Waals surface area (Å²) in [5, 5.41) is 20.0. The Morgan fingerprint density at radius 1 is 1.11 bits per heavy atom. The van der Waals surface area contributed by atoms with E-state index in [4.69, 9.17) is 0 Å². The molecule has 0 bridgehead atoms. The van der Waals surface area contributed by atoms with Gasteiger partial charge >= 0.3 is 0 Å². The topological polar surface area (TPSA) is 74.6 Å². The lowest BCUT2D eigenvalue weighted by atomic mass is 9.66. The van der Waals surface area contributed by atoms with Crippen molar-refractivity contribution in [3.8, 4) is 0 Å². The smallest absolute Gasteiger partial charge is 0.194 e. The second-order valence-electron chi connectivity index (χ2n) is 12.1. The van der Waals surface area contributed by atoms with Crippen molar-refractivity contribution < 1.29 is 19.8 Å². The van der Waals surface area contributed by atoms with Crippen LogP contribution < -0.4 is 0 Å². The molecular weight excluding hydrogens is 448 g/mol. The highest BCUT2D eigenvalue weighted by Crippen LogP contribution is 2.54. The molecule has 0 amide bonds. The highest BCUT2D eigenvalue weighted by molar-refractivity contribution is 5.95. The minimum Gasteiger partial charge on any atom is -0.383 e. The molecule has 36 heavy (non-hydrogen) atoms. The van der Waals surface area contributed by atoms with E-state index in [9.17, 15) is 19.8 Å². The number of Topliss-reactive ketones (excluding diaryl/α,β-unsaturated/α-hetero) is 1. The lowest BCUT2D eigenvalue weighted by Gasteiger charge is -2.37. The summed E-state index contributed by atoms with van der Waals surface area (Å²) in [6, 6.07) is 0. The molecule has 0 heterocycles. The molecule has 3 unspecified atom stereocenters. The van der Waals surface area contributed by atoms with Gasteiger partial charge in [-0.3, -0.25) is 9.59 Å². The van der Waals surface area contributed by atoms with Gasteiger partial charge in [0.2, 0.25) is 0 Å². The predicted octanol–water partition coefficient (Wildman–Crippen LogP) is 6.63. The molecule has 2 N–H and O–H groups in total. The van der Waals surface area contributed by atoms with Crippen molar-refractivity contribution in [2.24, 2.45) is 22.7 Å². The summed E-state index contributed by atoms with van der Waals surface area (Å²) in [4.78, 5) is 24.6. The molecule has 1 aliphatic rings. The molecule has 0 aliphatic heterocycles. The summed E-state index contributed by atoms with van der Waals surface area (Å²) in [6.07, 6.45) is 14.3. The monoisotopic (exact) mass is 494 g/mol. The van der Waals surface area contributed by atoms with Crippen molar-refractivity contribution in [3.05, 3.63) is 78.1 Å². The molecule has 0 saturated carbocycles. The largest absolute Gasteiger partial charge is 0.383 e. The van der Waals surface area contributed by atoms with Crippen LogP contribution >= 0.6 is 0 Å². The first-order valence-corrected chi connectivity index (χ1v) is 12.6. The van der Waals surface area contributed by atoms with Crippen LogP contribution in [0.3, 0.4) is 0 Å². The molecule has 3 atom stereocenters. The Balaban J connectivity index is 3.41. The van der Waals surface area contributed by atoms with Gasteiger partial charge in [-0.05, 0) is 80.1 Å². The fraction of sp³-hybridized carbons (Fsp3) is 0.531. The third kappa shape index (κ3) is 8.00. The molecule has 0 aromatic heterocycles. The van der Waals surface area contributed by atoms with Crippen LogP contribution in [0.25, 0.3) is 0 Å². The van der Waals surface area contributed by atoms with Gasteiger partial charge in [0.15, 0.2) is 11.6 Å². The van der Waals surface area contributed by atoms with Gasteiger partial charge in [-0.2, -0.15) is 0 Å². The third-order valence-corrected chi connectivity index (χ3v) is 7.00. The Morgan fingerprint density at radius 3 is 2.17 bits per heavy atom. The second-order valence-corrected chi connectivity index (χ2v) is 12.1. The van der Waals surface area contributed by atoms with Crippen molar-refractivity contribution >= 4 is 11.6 Å². The average Bonchev–Trinajstić information content (AvgIpc) is 2.96. The molecular formula is C32H46O4. The number of carbonyl (C=O) groups excluding carboxylic acids is 2. The Hall–Kier alpha value is -2.52. The van der Waals surface area contributed by atoms with E-state index in [0.717, 1.165) is 24.0 Å². The van der Waals surface area contributed by atoms with Crippen LogP contribution in [0.15, 0.2) is 78.1 Å². The predicted molar refractivity (Wildman–Crippen MR) is 149 cm³/mol. The van der Waals surface area contributed by atoms with Crippen LogP contribution in [0.1, 0.15) is 75.2 Å². The molecule has 4 heteroatoms. The summed E-state index contributed by atoms with van der Waals surface area (Å²) in [6.45, 7) is 24.4. The highest BCUT2D eigenvalue weighted by atomic mass is 16.3. The van der Waals surface area contributed by atoms with Gasteiger partial charge in [0, 0.05) is 12.0 Å². The summed E-state index contributed by atoms with van der Waals surface area (Å²) in [5.74, 6) is -0.739. The highest BCUT2D eigenvalue weighted by Gasteiger charge is 2.43. The number of hydrogen-bond acceptors (Lipinski definition) is 4. The lowest BCUT2D eigenvalue weighted by Crippen LogP contribution is -2.35. The van der Waals surface area contributed by atoms with E-state index in [-0.39, 0.29) is 16.6 Å². The van der Waals surface area contributed by atoms with Crippen molar-refractivity contribution in [1.82, 2.24) is 0 Å². The molecule has 0 radical (unpaired) electrons. The van der Waals surface area contributed by atoms with Gasteiger partial charge in [0.05, 0.1) is 0 Å². The zero-order chi connectivity index (χ0) is 28.1. The maximum Gasteiger partial charge on any atom is 0.194 e. The Labute approximate surface area is 218 Å². The molecule has 0 fully saturated rings. The molecule has 0 aromatic carbocycles. The van der Waals surface area contributed by atoms with Crippen LogP contribution in [-0.4, -0.2) is 33.0 Å². The van der Waals surface area contributed by atoms with Crippen molar-refractivity contribution in [1.29, 1.82) is 0 Å². The van der Waals surface area contributed by atoms with E-state index in [1.54, 1.807) is 12.2 Å². The SMILES string of the molecule is C=C/C=C(\C=C=CC(=O)C(C)(C)O)C(C)(C)CC1(C)CC(C)C(C=C)=C1/C=C\C(C)C(=O)C(C)(C)O. The Bertz CT molecular complexity index is 1030. The molecule has 1 rings (SSSR count). The van der Waals surface area contributed by atoms with Crippen LogP contribution in [0.5, 0.6) is 0 Å². The van der Waals surface area contributed by atoms with Crippen LogP contribution in [0.2, 0.25) is 0 Å². The first-order chi connectivity index (χ1) is 16.3. The minimum atomic E-state index is -1.44. The molecule has 0 aromatic rings. The molecule has 4 nitrogen and oxygen atoms in total. The number of hydrogen-bond donors (Lipinski definition) is 2. The van der Waals surface area contributed by atoms with E-state index in [1.807, 2.05) is 31.2 Å². The van der Waals surface area contributed by atoms with Crippen molar-refractivity contribution in [2.45, 2.75) is 86.4 Å². The fourth-order valence-electron chi connectivity index (χ4n) is 5.23. The van der Waals surface area contributed by atoms with Gasteiger partial charge in [-0.1, -0.05) is 78.2 Å². The van der Waals surface area contributed by atoms with E-state index < -0.39 is 22.9 Å². The number of rotatable bonds is 12. The Kier molecular flexibility index (Phi) is 10.2. The van der Waals surface area contributed by atoms with Crippen molar-refractivity contribution in [2.75, 3.05) is 0 Å². The summed E-state index contributed by atoms with van der Waals surface area (Å²) in [7, 11) is 0. The standard InChI is InChI=1S/C32H46O4/c1-12-15-24(16-14-17-27(33)30(7,8)35)29(5,6)21-32(11)20-23(4)25(13-2)26(32)19-18-22(3)28(34)31(9,10)36/h12-13,15-19,22-23,35-36H,1-2,20-21H2,3-11H3/b19-18-,24-15+. The first-order valence-electron chi connectivity index (χ1n) is 12.6. The van der Waals surface area contributed by atoms with E-state index in [2.05, 4.69) is 46.6 Å². The van der Waals surface area contributed by atoms with E-state index in [1.165, 1.54) is 39.3 Å². The van der Waals surface area contributed by atoms with Crippen LogP contribution in [-0.2, 0) is 9.59 Å². The fourth-order valence-corrected chi connectivity index (χ4v) is 5.23. The summed E-state index contributed by atoms with van der Waals surface area (Å²) < 4.78 is 0. The first kappa shape index (κ1) is 31.5. The second kappa shape index (κ2) is 11.7. The number of allylic oxidation sites excluding steroid dienone is 8. The average molecular weight is 495 g/mol. The normalized spacial score (nSPS) is 22.3. The molecule has 0 spiro atoms. The number of ketones is 2. The quantitative estimate of drug-likeness (QED) is 0.181. The van der Waals surface area contributed by atoms with Gasteiger partial charge in [-0.15, -0.1) is 5.73 Å². The van der Waals surface area contributed by atoms with Crippen LogP contribution in [0.4, 0.5) is 0 Å². The van der Waals surface area contributed by atoms with E-state index in [0.29, 0.717) is 5.92 Å². The van der Waals surface area contributed by atoms with Crippen molar-refractivity contribution in [3.63, 3.8) is 0 Å². The zero-order valence-corrected chi connectivity index (χ0v) is 23.7. The van der Waals surface area contributed by atoms with E-state index >= 15 is 0 Å². The summed E-state index contributed by atoms with van der Waals surface area (Å²) in [5.41, 5.74) is 2.92. The van der Waals surface area contributed by atoms with Gasteiger partial charge in [0.25, 0.3) is 0 Å². The Morgan fingerprint density at radius 2 is 1.69 bits per heavy atom. The number of aliphatic hydroxyl groups is 2. The zero-order valence-electron chi connectivity index (χ0n) is 23.7. The molecule has 0 saturated heterocycles. The van der Waals surface area contributed by atoms with Gasteiger partial charge in [0.1, 0.15) is 11.2 Å².